The van der Waals surface area contributed by atoms with Crippen molar-refractivity contribution in [2.24, 2.45) is 5.73 Å². The molecule has 0 saturated heterocycles. The van der Waals surface area contributed by atoms with Crippen LogP contribution in [-0.4, -0.2) is 19.2 Å². The highest BCUT2D eigenvalue weighted by Crippen LogP contribution is 2.27. The van der Waals surface area contributed by atoms with Gasteiger partial charge < -0.3 is 15.8 Å². The van der Waals surface area contributed by atoms with Crippen molar-refractivity contribution in [2.75, 3.05) is 12.4 Å². The molecule has 0 amide bonds. The van der Waals surface area contributed by atoms with Crippen molar-refractivity contribution in [2.45, 2.75) is 31.3 Å². The predicted molar refractivity (Wildman–Crippen MR) is 62.2 cm³/mol. The summed E-state index contributed by atoms with van der Waals surface area (Å²) in [5.41, 5.74) is 6.95. The van der Waals surface area contributed by atoms with E-state index in [2.05, 4.69) is 5.32 Å². The van der Waals surface area contributed by atoms with Crippen molar-refractivity contribution in [1.29, 1.82) is 0 Å². The Bertz CT molecular complexity index is 327. The average Bonchev–Trinajstić information content (AvgIpc) is 2.65. The monoisotopic (exact) mass is 206 g/mol. The van der Waals surface area contributed by atoms with Gasteiger partial charge in [0.15, 0.2) is 0 Å². The summed E-state index contributed by atoms with van der Waals surface area (Å²) in [6.07, 6.45) is 3.32. The first-order valence-electron chi connectivity index (χ1n) is 5.44. The van der Waals surface area contributed by atoms with Crippen LogP contribution in [0.25, 0.3) is 0 Å². The maximum atomic E-state index is 5.88. The molecule has 0 radical (unpaired) electrons. The number of para-hydroxylation sites is 2. The molecule has 2 unspecified atom stereocenters. The Morgan fingerprint density at radius 2 is 2.13 bits per heavy atom. The predicted octanol–water partition coefficient (Wildman–Crippen LogP) is 1.99. The first kappa shape index (κ1) is 10.3. The van der Waals surface area contributed by atoms with Gasteiger partial charge in [-0.1, -0.05) is 12.1 Å². The molecule has 82 valence electrons. The third-order valence-corrected chi connectivity index (χ3v) is 2.94. The molecule has 1 aromatic rings. The molecule has 1 aromatic carbocycles. The van der Waals surface area contributed by atoms with E-state index < -0.39 is 0 Å². The van der Waals surface area contributed by atoms with Gasteiger partial charge in [0, 0.05) is 12.1 Å². The molecule has 0 aromatic heterocycles. The number of nitrogens with one attached hydrogen (secondary N) is 1. The van der Waals surface area contributed by atoms with Crippen LogP contribution in [0.3, 0.4) is 0 Å². The minimum Gasteiger partial charge on any atom is -0.495 e. The molecule has 0 bridgehead atoms. The summed E-state index contributed by atoms with van der Waals surface area (Å²) >= 11 is 0. The van der Waals surface area contributed by atoms with Crippen molar-refractivity contribution in [1.82, 2.24) is 0 Å². The van der Waals surface area contributed by atoms with Crippen molar-refractivity contribution in [3.05, 3.63) is 24.3 Å². The number of benzene rings is 1. The van der Waals surface area contributed by atoms with E-state index in [1.807, 2.05) is 24.3 Å². The molecule has 2 rings (SSSR count). The summed E-state index contributed by atoms with van der Waals surface area (Å²) in [6, 6.07) is 8.86. The Kier molecular flexibility index (Phi) is 3.11. The van der Waals surface area contributed by atoms with E-state index >= 15 is 0 Å². The van der Waals surface area contributed by atoms with Gasteiger partial charge in [0.25, 0.3) is 0 Å². The zero-order valence-corrected chi connectivity index (χ0v) is 9.07. The second kappa shape index (κ2) is 4.53. The number of hydrogen-bond acceptors (Lipinski definition) is 3. The highest BCUT2D eigenvalue weighted by molar-refractivity contribution is 5.56. The maximum Gasteiger partial charge on any atom is 0.141 e. The normalized spacial score (nSPS) is 25.2. The number of ether oxygens (including phenoxy) is 1. The number of methoxy groups -OCH3 is 1. The van der Waals surface area contributed by atoms with Gasteiger partial charge in [-0.3, -0.25) is 0 Å². The molecular weight excluding hydrogens is 188 g/mol. The fourth-order valence-electron chi connectivity index (χ4n) is 2.13. The van der Waals surface area contributed by atoms with Crippen molar-refractivity contribution >= 4 is 5.69 Å². The third-order valence-electron chi connectivity index (χ3n) is 2.94. The van der Waals surface area contributed by atoms with Crippen molar-refractivity contribution < 1.29 is 4.74 Å². The van der Waals surface area contributed by atoms with E-state index in [0.717, 1.165) is 30.7 Å². The number of nitrogens with two attached hydrogens (primary N) is 1. The molecular formula is C12H18N2O. The molecule has 1 saturated carbocycles. The fourth-order valence-corrected chi connectivity index (χ4v) is 2.13. The molecule has 3 heteroatoms. The van der Waals surface area contributed by atoms with Crippen LogP contribution in [0.2, 0.25) is 0 Å². The molecule has 1 aliphatic carbocycles. The molecule has 1 fully saturated rings. The van der Waals surface area contributed by atoms with Crippen LogP contribution in [0.4, 0.5) is 5.69 Å². The summed E-state index contributed by atoms with van der Waals surface area (Å²) in [4.78, 5) is 0. The van der Waals surface area contributed by atoms with Crippen molar-refractivity contribution in [3.63, 3.8) is 0 Å². The molecule has 0 aliphatic heterocycles. The molecule has 15 heavy (non-hydrogen) atoms. The Morgan fingerprint density at radius 3 is 2.80 bits per heavy atom. The number of hydrogen-bond donors (Lipinski definition) is 2. The van der Waals surface area contributed by atoms with Crippen LogP contribution >= 0.6 is 0 Å². The summed E-state index contributed by atoms with van der Waals surface area (Å²) in [5.74, 6) is 0.901. The molecule has 0 spiro atoms. The Balaban J connectivity index is 2.04. The van der Waals surface area contributed by atoms with Crippen LogP contribution in [0.5, 0.6) is 5.75 Å². The van der Waals surface area contributed by atoms with Gasteiger partial charge >= 0.3 is 0 Å². The van der Waals surface area contributed by atoms with Crippen LogP contribution in [0, 0.1) is 0 Å². The minimum absolute atomic E-state index is 0.359. The van der Waals surface area contributed by atoms with Gasteiger partial charge in [-0.15, -0.1) is 0 Å². The molecule has 1 aliphatic rings. The van der Waals surface area contributed by atoms with E-state index in [4.69, 9.17) is 10.5 Å². The Labute approximate surface area is 90.6 Å². The quantitative estimate of drug-likeness (QED) is 0.795. The van der Waals surface area contributed by atoms with Gasteiger partial charge in [-0.05, 0) is 31.4 Å². The van der Waals surface area contributed by atoms with E-state index in [-0.39, 0.29) is 0 Å². The summed E-state index contributed by atoms with van der Waals surface area (Å²) < 4.78 is 5.29. The standard InChI is InChI=1S/C12H18N2O/c1-15-12-5-3-2-4-11(12)14-10-7-6-9(13)8-10/h2-5,9-10,14H,6-8,13H2,1H3. The van der Waals surface area contributed by atoms with Gasteiger partial charge in [-0.25, -0.2) is 0 Å². The van der Waals surface area contributed by atoms with Gasteiger partial charge in [0.2, 0.25) is 0 Å². The van der Waals surface area contributed by atoms with Gasteiger partial charge in [0.05, 0.1) is 12.8 Å². The number of anilines is 1. The van der Waals surface area contributed by atoms with Gasteiger partial charge in [0.1, 0.15) is 5.75 Å². The summed E-state index contributed by atoms with van der Waals surface area (Å²) in [6.45, 7) is 0. The van der Waals surface area contributed by atoms with Crippen LogP contribution in [0.15, 0.2) is 24.3 Å². The third kappa shape index (κ3) is 2.42. The SMILES string of the molecule is COc1ccccc1NC1CCC(N)C1. The summed E-state index contributed by atoms with van der Waals surface area (Å²) in [5, 5.41) is 3.49. The topological polar surface area (TPSA) is 47.3 Å². The second-order valence-electron chi connectivity index (χ2n) is 4.11. The highest BCUT2D eigenvalue weighted by atomic mass is 16.5. The highest BCUT2D eigenvalue weighted by Gasteiger charge is 2.21. The smallest absolute Gasteiger partial charge is 0.141 e. The Morgan fingerprint density at radius 1 is 1.33 bits per heavy atom. The van der Waals surface area contributed by atoms with Crippen LogP contribution in [-0.2, 0) is 0 Å². The largest absolute Gasteiger partial charge is 0.495 e. The maximum absolute atomic E-state index is 5.88. The molecule has 2 atom stereocenters. The van der Waals surface area contributed by atoms with Gasteiger partial charge in [-0.2, -0.15) is 0 Å². The fraction of sp³-hybridized carbons (Fsp3) is 0.500. The molecule has 3 nitrogen and oxygen atoms in total. The van der Waals surface area contributed by atoms with Crippen LogP contribution < -0.4 is 15.8 Å². The minimum atomic E-state index is 0.359. The Hall–Kier alpha value is -1.22. The summed E-state index contributed by atoms with van der Waals surface area (Å²) in [7, 11) is 1.70. The van der Waals surface area contributed by atoms with E-state index in [1.54, 1.807) is 7.11 Å². The molecule has 0 heterocycles. The first-order valence-corrected chi connectivity index (χ1v) is 5.44. The lowest BCUT2D eigenvalue weighted by molar-refractivity contribution is 0.416. The van der Waals surface area contributed by atoms with E-state index in [1.165, 1.54) is 0 Å². The van der Waals surface area contributed by atoms with E-state index in [0.29, 0.717) is 12.1 Å². The lowest BCUT2D eigenvalue weighted by Crippen LogP contribution is -2.20. The van der Waals surface area contributed by atoms with Crippen molar-refractivity contribution in [3.8, 4) is 5.75 Å². The lowest BCUT2D eigenvalue weighted by Gasteiger charge is -2.16. The number of rotatable bonds is 3. The lowest BCUT2D eigenvalue weighted by atomic mass is 10.2. The average molecular weight is 206 g/mol. The van der Waals surface area contributed by atoms with E-state index in [9.17, 15) is 0 Å². The second-order valence-corrected chi connectivity index (χ2v) is 4.11. The van der Waals surface area contributed by atoms with Crippen LogP contribution in [0.1, 0.15) is 19.3 Å². The zero-order valence-electron chi connectivity index (χ0n) is 9.07. The zero-order chi connectivity index (χ0) is 10.7. The first-order chi connectivity index (χ1) is 7.29. The molecule has 3 N–H and O–H groups in total.